The molecule has 0 unspecified atom stereocenters. The molecule has 0 saturated carbocycles. The van der Waals surface area contributed by atoms with Crippen molar-refractivity contribution in [1.29, 1.82) is 0 Å². The third-order valence-electron chi connectivity index (χ3n) is 4.17. The molecule has 0 radical (unpaired) electrons. The maximum absolute atomic E-state index is 4.39. The van der Waals surface area contributed by atoms with Crippen LogP contribution in [0.4, 0.5) is 0 Å². The largest absolute Gasteiger partial charge is 0.309 e. The summed E-state index contributed by atoms with van der Waals surface area (Å²) in [6.45, 7) is 3.63. The van der Waals surface area contributed by atoms with Gasteiger partial charge in [-0.1, -0.05) is 30.3 Å². The van der Waals surface area contributed by atoms with Crippen LogP contribution in [0, 0.1) is 0 Å². The summed E-state index contributed by atoms with van der Waals surface area (Å²) in [6, 6.07) is 12.3. The van der Waals surface area contributed by atoms with Crippen LogP contribution in [0.3, 0.4) is 0 Å². The number of fused-ring (bicyclic) bond motifs is 1. The van der Waals surface area contributed by atoms with E-state index in [1.165, 1.54) is 5.69 Å². The maximum Gasteiger partial charge on any atom is 0.164 e. The second-order valence-corrected chi connectivity index (χ2v) is 5.61. The lowest BCUT2D eigenvalue weighted by molar-refractivity contribution is 0.204. The van der Waals surface area contributed by atoms with Crippen LogP contribution in [-0.4, -0.2) is 36.0 Å². The van der Waals surface area contributed by atoms with Crippen LogP contribution in [0.2, 0.25) is 0 Å². The van der Waals surface area contributed by atoms with Crippen LogP contribution in [-0.2, 0) is 26.7 Å². The van der Waals surface area contributed by atoms with E-state index in [9.17, 15) is 0 Å². The van der Waals surface area contributed by atoms with Gasteiger partial charge < -0.3 is 4.57 Å². The Hall–Kier alpha value is -2.47. The molecule has 3 heterocycles. The van der Waals surface area contributed by atoms with Crippen molar-refractivity contribution in [3.8, 4) is 11.4 Å². The van der Waals surface area contributed by atoms with Gasteiger partial charge in [-0.05, 0) is 6.07 Å². The zero-order valence-electron chi connectivity index (χ0n) is 12.6. The molecule has 0 spiro atoms. The summed E-state index contributed by atoms with van der Waals surface area (Å²) < 4.78 is 4.16. The first-order chi connectivity index (χ1) is 10.8. The molecule has 3 aromatic rings. The summed E-state index contributed by atoms with van der Waals surface area (Å²) >= 11 is 0. The molecule has 0 amide bonds. The van der Waals surface area contributed by atoms with Crippen molar-refractivity contribution >= 4 is 0 Å². The van der Waals surface area contributed by atoms with Crippen molar-refractivity contribution in [3.05, 3.63) is 54.1 Å². The molecule has 22 heavy (non-hydrogen) atoms. The topological polar surface area (TPSA) is 51.8 Å². The number of aromatic nitrogens is 5. The van der Waals surface area contributed by atoms with E-state index in [1.54, 1.807) is 0 Å². The van der Waals surface area contributed by atoms with E-state index >= 15 is 0 Å². The number of aryl methyl sites for hydroxylation is 1. The highest BCUT2D eigenvalue weighted by molar-refractivity contribution is 5.55. The zero-order chi connectivity index (χ0) is 14.9. The van der Waals surface area contributed by atoms with E-state index in [2.05, 4.69) is 43.0 Å². The minimum atomic E-state index is 0.824. The Labute approximate surface area is 129 Å². The van der Waals surface area contributed by atoms with E-state index in [0.717, 1.165) is 43.4 Å². The molecule has 6 heteroatoms. The Morgan fingerprint density at radius 1 is 1.05 bits per heavy atom. The standard InChI is InChI=1S/C16H18N6/c1-20-14(7-8-17-20)11-21-9-10-22-15(12-21)18-19-16(22)13-5-3-2-4-6-13/h2-8H,9-12H2,1H3. The molecule has 0 bridgehead atoms. The lowest BCUT2D eigenvalue weighted by Crippen LogP contribution is -2.34. The Morgan fingerprint density at radius 3 is 2.68 bits per heavy atom. The van der Waals surface area contributed by atoms with Crippen LogP contribution < -0.4 is 0 Å². The van der Waals surface area contributed by atoms with Crippen LogP contribution in [0.1, 0.15) is 11.5 Å². The zero-order valence-corrected chi connectivity index (χ0v) is 12.6. The molecular formula is C16H18N6. The second-order valence-electron chi connectivity index (χ2n) is 5.61. The summed E-state index contributed by atoms with van der Waals surface area (Å²) in [5.74, 6) is 2.00. The minimum Gasteiger partial charge on any atom is -0.309 e. The van der Waals surface area contributed by atoms with Gasteiger partial charge in [0.05, 0.1) is 12.2 Å². The third-order valence-corrected chi connectivity index (χ3v) is 4.17. The van der Waals surface area contributed by atoms with Crippen molar-refractivity contribution in [2.75, 3.05) is 6.54 Å². The lowest BCUT2D eigenvalue weighted by Gasteiger charge is -2.27. The number of hydrogen-bond acceptors (Lipinski definition) is 4. The fourth-order valence-corrected chi connectivity index (χ4v) is 2.93. The minimum absolute atomic E-state index is 0.824. The Bertz CT molecular complexity index is 773. The monoisotopic (exact) mass is 294 g/mol. The SMILES string of the molecule is Cn1nccc1CN1CCn2c(nnc2-c2ccccc2)C1. The highest BCUT2D eigenvalue weighted by atomic mass is 15.3. The normalized spacial score (nSPS) is 15.0. The van der Waals surface area contributed by atoms with Crippen LogP contribution >= 0.6 is 0 Å². The summed E-state index contributed by atoms with van der Waals surface area (Å²) in [5.41, 5.74) is 2.34. The fourth-order valence-electron chi connectivity index (χ4n) is 2.93. The highest BCUT2D eigenvalue weighted by Crippen LogP contribution is 2.22. The summed E-state index contributed by atoms with van der Waals surface area (Å²) in [5, 5.41) is 13.0. The number of rotatable bonds is 3. The van der Waals surface area contributed by atoms with Gasteiger partial charge in [0.2, 0.25) is 0 Å². The Balaban J connectivity index is 1.56. The van der Waals surface area contributed by atoms with Crippen molar-refractivity contribution in [1.82, 2.24) is 29.4 Å². The van der Waals surface area contributed by atoms with Gasteiger partial charge in [0, 0.05) is 38.4 Å². The van der Waals surface area contributed by atoms with Gasteiger partial charge in [-0.25, -0.2) is 0 Å². The molecule has 1 aromatic carbocycles. The maximum atomic E-state index is 4.39. The van der Waals surface area contributed by atoms with Gasteiger partial charge in [-0.15, -0.1) is 10.2 Å². The van der Waals surface area contributed by atoms with E-state index in [1.807, 2.05) is 36.1 Å². The van der Waals surface area contributed by atoms with Crippen LogP contribution in [0.15, 0.2) is 42.6 Å². The summed E-state index contributed by atoms with van der Waals surface area (Å²) in [4.78, 5) is 2.38. The van der Waals surface area contributed by atoms with E-state index in [-0.39, 0.29) is 0 Å². The molecule has 0 N–H and O–H groups in total. The first-order valence-electron chi connectivity index (χ1n) is 7.48. The molecule has 0 saturated heterocycles. The van der Waals surface area contributed by atoms with Gasteiger partial charge in [0.1, 0.15) is 5.82 Å². The van der Waals surface area contributed by atoms with E-state index < -0.39 is 0 Å². The lowest BCUT2D eigenvalue weighted by atomic mass is 10.2. The van der Waals surface area contributed by atoms with Crippen molar-refractivity contribution in [2.24, 2.45) is 7.05 Å². The average molecular weight is 294 g/mol. The Kier molecular flexibility index (Phi) is 3.23. The molecule has 112 valence electrons. The predicted octanol–water partition coefficient (Wildman–Crippen LogP) is 1.69. The molecule has 6 nitrogen and oxygen atoms in total. The smallest absolute Gasteiger partial charge is 0.164 e. The summed E-state index contributed by atoms with van der Waals surface area (Å²) in [7, 11) is 1.98. The number of benzene rings is 1. The van der Waals surface area contributed by atoms with E-state index in [4.69, 9.17) is 0 Å². The second kappa shape index (κ2) is 5.38. The molecule has 0 atom stereocenters. The van der Waals surface area contributed by atoms with Gasteiger partial charge in [-0.3, -0.25) is 9.58 Å². The average Bonchev–Trinajstić information content (AvgIpc) is 3.15. The summed E-state index contributed by atoms with van der Waals surface area (Å²) in [6.07, 6.45) is 1.84. The van der Waals surface area contributed by atoms with Crippen LogP contribution in [0.25, 0.3) is 11.4 Å². The van der Waals surface area contributed by atoms with Gasteiger partial charge in [0.25, 0.3) is 0 Å². The van der Waals surface area contributed by atoms with Gasteiger partial charge in [-0.2, -0.15) is 5.10 Å². The quantitative estimate of drug-likeness (QED) is 0.738. The van der Waals surface area contributed by atoms with Gasteiger partial charge in [0.15, 0.2) is 5.82 Å². The Morgan fingerprint density at radius 2 is 1.91 bits per heavy atom. The fraction of sp³-hybridized carbons (Fsp3) is 0.312. The van der Waals surface area contributed by atoms with Crippen molar-refractivity contribution < 1.29 is 0 Å². The van der Waals surface area contributed by atoms with E-state index in [0.29, 0.717) is 0 Å². The number of hydrogen-bond donors (Lipinski definition) is 0. The molecule has 2 aromatic heterocycles. The highest BCUT2D eigenvalue weighted by Gasteiger charge is 2.22. The predicted molar refractivity (Wildman–Crippen MR) is 82.8 cm³/mol. The first kappa shape index (κ1) is 13.2. The molecule has 0 fully saturated rings. The molecule has 0 aliphatic carbocycles. The molecule has 4 rings (SSSR count). The van der Waals surface area contributed by atoms with Crippen molar-refractivity contribution in [3.63, 3.8) is 0 Å². The number of nitrogens with zero attached hydrogens (tertiary/aromatic N) is 6. The third kappa shape index (κ3) is 2.31. The molecular weight excluding hydrogens is 276 g/mol. The molecule has 1 aliphatic heterocycles. The van der Waals surface area contributed by atoms with Crippen molar-refractivity contribution in [2.45, 2.75) is 19.6 Å². The van der Waals surface area contributed by atoms with Gasteiger partial charge >= 0.3 is 0 Å². The first-order valence-corrected chi connectivity index (χ1v) is 7.48. The van der Waals surface area contributed by atoms with Crippen LogP contribution in [0.5, 0.6) is 0 Å². The molecule has 1 aliphatic rings.